The highest BCUT2D eigenvalue weighted by Crippen LogP contribution is 2.34. The summed E-state index contributed by atoms with van der Waals surface area (Å²) in [6, 6.07) is 5.81. The van der Waals surface area contributed by atoms with Crippen LogP contribution < -0.4 is 14.8 Å². The van der Waals surface area contributed by atoms with Gasteiger partial charge in [-0.3, -0.25) is 9.69 Å². The minimum atomic E-state index is -0.318. The van der Waals surface area contributed by atoms with Gasteiger partial charge in [-0.1, -0.05) is 6.07 Å². The van der Waals surface area contributed by atoms with Crippen molar-refractivity contribution in [2.75, 3.05) is 46.9 Å². The van der Waals surface area contributed by atoms with Crippen molar-refractivity contribution in [1.29, 1.82) is 0 Å². The lowest BCUT2D eigenvalue weighted by Crippen LogP contribution is -2.54. The van der Waals surface area contributed by atoms with E-state index in [0.717, 1.165) is 30.9 Å². The summed E-state index contributed by atoms with van der Waals surface area (Å²) in [6.45, 7) is 9.79. The first-order valence-corrected chi connectivity index (χ1v) is 9.06. The first-order valence-electron chi connectivity index (χ1n) is 9.06. The second-order valence-electron chi connectivity index (χ2n) is 6.50. The summed E-state index contributed by atoms with van der Waals surface area (Å²) >= 11 is 0. The highest BCUT2D eigenvalue weighted by atomic mass is 16.5. The molecule has 1 aromatic rings. The fraction of sp³-hybridized carbons (Fsp3) is 0.632. The molecule has 0 spiro atoms. The number of likely N-dealkylation sites (N-methyl/N-ethyl adjacent to an activating group) is 1. The topological polar surface area (TPSA) is 54.0 Å². The molecule has 25 heavy (non-hydrogen) atoms. The minimum Gasteiger partial charge on any atom is -0.490 e. The molecule has 1 saturated heterocycles. The van der Waals surface area contributed by atoms with Crippen LogP contribution in [0.3, 0.4) is 0 Å². The van der Waals surface area contributed by atoms with Gasteiger partial charge in [0, 0.05) is 39.8 Å². The van der Waals surface area contributed by atoms with E-state index in [0.29, 0.717) is 19.0 Å². The van der Waals surface area contributed by atoms with Crippen LogP contribution in [0.1, 0.15) is 32.4 Å². The summed E-state index contributed by atoms with van der Waals surface area (Å²) in [5.41, 5.74) is 0.944. The summed E-state index contributed by atoms with van der Waals surface area (Å²) in [7, 11) is 3.61. The second-order valence-corrected chi connectivity index (χ2v) is 6.50. The van der Waals surface area contributed by atoms with Crippen LogP contribution in [0.4, 0.5) is 0 Å². The molecule has 140 valence electrons. The number of hydrogen-bond donors (Lipinski definition) is 1. The van der Waals surface area contributed by atoms with Gasteiger partial charge in [0.15, 0.2) is 11.5 Å². The van der Waals surface area contributed by atoms with Crippen LogP contribution in [-0.4, -0.2) is 68.7 Å². The van der Waals surface area contributed by atoms with E-state index in [4.69, 9.17) is 9.47 Å². The highest BCUT2D eigenvalue weighted by Gasteiger charge is 2.33. The van der Waals surface area contributed by atoms with Crippen LogP contribution in [0.25, 0.3) is 0 Å². The molecule has 1 aliphatic rings. The predicted molar refractivity (Wildman–Crippen MR) is 99.3 cm³/mol. The first kappa shape index (κ1) is 19.5. The van der Waals surface area contributed by atoms with Crippen LogP contribution in [-0.2, 0) is 4.79 Å². The van der Waals surface area contributed by atoms with Gasteiger partial charge in [0.25, 0.3) is 0 Å². The molecule has 2 unspecified atom stereocenters. The maximum atomic E-state index is 13.0. The number of amides is 1. The van der Waals surface area contributed by atoms with Gasteiger partial charge in [-0.25, -0.2) is 0 Å². The Morgan fingerprint density at radius 1 is 1.28 bits per heavy atom. The molecule has 1 aromatic carbocycles. The van der Waals surface area contributed by atoms with E-state index >= 15 is 0 Å². The Morgan fingerprint density at radius 2 is 1.96 bits per heavy atom. The molecule has 2 atom stereocenters. The zero-order chi connectivity index (χ0) is 18.4. The largest absolute Gasteiger partial charge is 0.490 e. The summed E-state index contributed by atoms with van der Waals surface area (Å²) in [5.74, 6) is 1.50. The maximum Gasteiger partial charge on any atom is 0.244 e. The molecule has 0 radical (unpaired) electrons. The van der Waals surface area contributed by atoms with E-state index < -0.39 is 0 Å². The van der Waals surface area contributed by atoms with Crippen molar-refractivity contribution in [2.45, 2.75) is 32.9 Å². The van der Waals surface area contributed by atoms with Gasteiger partial charge in [-0.15, -0.1) is 0 Å². The smallest absolute Gasteiger partial charge is 0.244 e. The third kappa shape index (κ3) is 4.64. The minimum absolute atomic E-state index is 0.0837. The quantitative estimate of drug-likeness (QED) is 0.815. The number of nitrogens with zero attached hydrogens (tertiary/aromatic N) is 2. The molecule has 1 N–H and O–H groups in total. The average Bonchev–Trinajstić information content (AvgIpc) is 2.59. The summed E-state index contributed by atoms with van der Waals surface area (Å²) in [5, 5.41) is 3.39. The Kier molecular flexibility index (Phi) is 7.08. The number of carbonyl (C=O) groups excluding carboxylic acids is 1. The zero-order valence-electron chi connectivity index (χ0n) is 16.0. The van der Waals surface area contributed by atoms with Gasteiger partial charge in [-0.2, -0.15) is 0 Å². The fourth-order valence-electron chi connectivity index (χ4n) is 3.20. The molecule has 1 heterocycles. The third-order valence-corrected chi connectivity index (χ3v) is 4.44. The van der Waals surface area contributed by atoms with E-state index in [9.17, 15) is 4.79 Å². The third-order valence-electron chi connectivity index (χ3n) is 4.44. The lowest BCUT2D eigenvalue weighted by Gasteiger charge is -2.40. The van der Waals surface area contributed by atoms with Crippen molar-refractivity contribution < 1.29 is 14.3 Å². The normalized spacial score (nSPS) is 19.3. The molecule has 6 nitrogen and oxygen atoms in total. The lowest BCUT2D eigenvalue weighted by molar-refractivity contribution is -0.136. The summed E-state index contributed by atoms with van der Waals surface area (Å²) < 4.78 is 11.4. The van der Waals surface area contributed by atoms with Gasteiger partial charge in [0.1, 0.15) is 6.04 Å². The van der Waals surface area contributed by atoms with Gasteiger partial charge >= 0.3 is 0 Å². The Balaban J connectivity index is 2.42. The standard InChI is InChI=1S/C19H31N3O3/c1-6-24-16-9-8-15(12-17(16)25-7-2)18(19(23)21(4)5)22-11-10-20-13-14(22)3/h8-9,12,14,18,20H,6-7,10-11,13H2,1-5H3. The first-order chi connectivity index (χ1) is 12.0. The van der Waals surface area contributed by atoms with Crippen LogP contribution >= 0.6 is 0 Å². The van der Waals surface area contributed by atoms with Crippen molar-refractivity contribution in [3.05, 3.63) is 23.8 Å². The SMILES string of the molecule is CCOc1ccc(C(C(=O)N(C)C)N2CCNCC2C)cc1OCC. The van der Waals surface area contributed by atoms with Crippen molar-refractivity contribution in [3.63, 3.8) is 0 Å². The average molecular weight is 349 g/mol. The Hall–Kier alpha value is -1.79. The van der Waals surface area contributed by atoms with Gasteiger partial charge in [0.2, 0.25) is 5.91 Å². The molecule has 0 saturated carbocycles. The maximum absolute atomic E-state index is 13.0. The molecular weight excluding hydrogens is 318 g/mol. The van der Waals surface area contributed by atoms with Crippen LogP contribution in [0.5, 0.6) is 11.5 Å². The Bertz CT molecular complexity index is 577. The molecule has 1 fully saturated rings. The second kappa shape index (κ2) is 9.06. The van der Waals surface area contributed by atoms with Crippen molar-refractivity contribution >= 4 is 5.91 Å². The molecule has 0 bridgehead atoms. The number of rotatable bonds is 7. The number of hydrogen-bond acceptors (Lipinski definition) is 5. The van der Waals surface area contributed by atoms with E-state index in [1.807, 2.05) is 32.0 Å². The van der Waals surface area contributed by atoms with E-state index in [1.165, 1.54) is 0 Å². The van der Waals surface area contributed by atoms with Crippen LogP contribution in [0.15, 0.2) is 18.2 Å². The van der Waals surface area contributed by atoms with E-state index in [-0.39, 0.29) is 18.0 Å². The number of piperazine rings is 1. The van der Waals surface area contributed by atoms with Gasteiger partial charge in [0.05, 0.1) is 13.2 Å². The molecule has 1 amide bonds. The Morgan fingerprint density at radius 3 is 2.56 bits per heavy atom. The number of ether oxygens (including phenoxy) is 2. The highest BCUT2D eigenvalue weighted by molar-refractivity contribution is 5.83. The molecule has 1 aliphatic heterocycles. The van der Waals surface area contributed by atoms with Gasteiger partial charge < -0.3 is 19.7 Å². The van der Waals surface area contributed by atoms with Crippen LogP contribution in [0.2, 0.25) is 0 Å². The van der Waals surface area contributed by atoms with E-state index in [2.05, 4.69) is 17.1 Å². The van der Waals surface area contributed by atoms with Crippen LogP contribution in [0, 0.1) is 0 Å². The van der Waals surface area contributed by atoms with Crippen molar-refractivity contribution in [2.24, 2.45) is 0 Å². The molecule has 2 rings (SSSR count). The summed E-state index contributed by atoms with van der Waals surface area (Å²) in [6.07, 6.45) is 0. The summed E-state index contributed by atoms with van der Waals surface area (Å²) in [4.78, 5) is 16.9. The number of nitrogens with one attached hydrogen (secondary N) is 1. The molecule has 0 aromatic heterocycles. The molecule has 6 heteroatoms. The predicted octanol–water partition coefficient (Wildman–Crippen LogP) is 1.91. The zero-order valence-corrected chi connectivity index (χ0v) is 16.0. The van der Waals surface area contributed by atoms with Crippen molar-refractivity contribution in [3.8, 4) is 11.5 Å². The monoisotopic (exact) mass is 349 g/mol. The van der Waals surface area contributed by atoms with E-state index in [1.54, 1.807) is 19.0 Å². The lowest BCUT2D eigenvalue weighted by atomic mass is 10.00. The number of benzene rings is 1. The molecular formula is C19H31N3O3. The molecule has 0 aliphatic carbocycles. The van der Waals surface area contributed by atoms with Crippen molar-refractivity contribution in [1.82, 2.24) is 15.1 Å². The Labute approximate surface area is 151 Å². The fourth-order valence-corrected chi connectivity index (χ4v) is 3.20. The van der Waals surface area contributed by atoms with Gasteiger partial charge in [-0.05, 0) is 38.5 Å². The number of carbonyl (C=O) groups is 1.